The summed E-state index contributed by atoms with van der Waals surface area (Å²) < 4.78 is 31.5. The Kier molecular flexibility index (Phi) is 4.70. The molecule has 0 saturated carbocycles. The Morgan fingerprint density at radius 3 is 2.60 bits per heavy atom. The molecule has 0 heterocycles. The Balaban J connectivity index is 2.12. The summed E-state index contributed by atoms with van der Waals surface area (Å²) in [4.78, 5) is 0. The van der Waals surface area contributed by atoms with Crippen molar-refractivity contribution in [1.29, 1.82) is 0 Å². The highest BCUT2D eigenvalue weighted by Crippen LogP contribution is 2.19. The Morgan fingerprint density at radius 2 is 1.85 bits per heavy atom. The fraction of sp³-hybridized carbons (Fsp3) is 0.125. The van der Waals surface area contributed by atoms with Crippen molar-refractivity contribution in [2.75, 3.05) is 6.54 Å². The number of benzene rings is 2. The predicted molar refractivity (Wildman–Crippen MR) is 73.1 cm³/mol. The molecular weight excluding hydrogens is 260 g/mol. The predicted octanol–water partition coefficient (Wildman–Crippen LogP) is 2.85. The molecule has 0 amide bonds. The molecule has 0 atom stereocenters. The van der Waals surface area contributed by atoms with E-state index in [1.807, 2.05) is 18.2 Å². The van der Waals surface area contributed by atoms with Gasteiger partial charge < -0.3 is 10.5 Å². The summed E-state index contributed by atoms with van der Waals surface area (Å²) in [7, 11) is 0. The maximum Gasteiger partial charge on any atom is 0.159 e. The minimum absolute atomic E-state index is 0.137. The van der Waals surface area contributed by atoms with Crippen molar-refractivity contribution in [2.24, 2.45) is 5.73 Å². The van der Waals surface area contributed by atoms with Gasteiger partial charge in [-0.2, -0.15) is 0 Å². The summed E-state index contributed by atoms with van der Waals surface area (Å²) in [6, 6.07) is 10.9. The van der Waals surface area contributed by atoms with Gasteiger partial charge in [-0.3, -0.25) is 0 Å². The third-order valence-electron chi connectivity index (χ3n) is 2.59. The molecule has 0 radical (unpaired) electrons. The first-order chi connectivity index (χ1) is 9.70. The smallest absolute Gasteiger partial charge is 0.159 e. The van der Waals surface area contributed by atoms with Crippen LogP contribution in [0.25, 0.3) is 0 Å². The van der Waals surface area contributed by atoms with E-state index in [1.165, 1.54) is 6.07 Å². The fourth-order valence-corrected chi connectivity index (χ4v) is 1.63. The molecule has 2 aromatic rings. The molecule has 20 heavy (non-hydrogen) atoms. The van der Waals surface area contributed by atoms with Crippen LogP contribution in [0, 0.1) is 23.5 Å². The van der Waals surface area contributed by atoms with Gasteiger partial charge in [0.05, 0.1) is 12.1 Å². The molecule has 0 fully saturated rings. The second-order valence-electron chi connectivity index (χ2n) is 4.04. The van der Waals surface area contributed by atoms with E-state index in [4.69, 9.17) is 10.5 Å². The Morgan fingerprint density at radius 1 is 1.05 bits per heavy atom. The lowest BCUT2D eigenvalue weighted by atomic mass is 10.2. The van der Waals surface area contributed by atoms with E-state index in [9.17, 15) is 8.78 Å². The van der Waals surface area contributed by atoms with Crippen LogP contribution in [0.1, 0.15) is 11.1 Å². The molecule has 0 aliphatic carbocycles. The Bertz CT molecular complexity index is 659. The zero-order chi connectivity index (χ0) is 14.4. The average Bonchev–Trinajstić information content (AvgIpc) is 2.47. The number of halogens is 2. The van der Waals surface area contributed by atoms with Crippen molar-refractivity contribution >= 4 is 0 Å². The lowest BCUT2D eigenvalue weighted by Crippen LogP contribution is -1.99. The standard InChI is InChI=1S/C16H13F2NO/c17-14-8-7-12(10-15(14)18)11-20-16-6-2-1-4-13(16)5-3-9-19/h1-2,4,6-8,10H,9,11,19H2. The van der Waals surface area contributed by atoms with Gasteiger partial charge in [0.1, 0.15) is 12.4 Å². The zero-order valence-electron chi connectivity index (χ0n) is 10.7. The molecule has 0 aromatic heterocycles. The highest BCUT2D eigenvalue weighted by atomic mass is 19.2. The molecule has 4 heteroatoms. The highest BCUT2D eigenvalue weighted by molar-refractivity contribution is 5.46. The highest BCUT2D eigenvalue weighted by Gasteiger charge is 2.04. The number of hydrogen-bond donors (Lipinski definition) is 1. The number of ether oxygens (including phenoxy) is 1. The van der Waals surface area contributed by atoms with E-state index >= 15 is 0 Å². The summed E-state index contributed by atoms with van der Waals surface area (Å²) >= 11 is 0. The summed E-state index contributed by atoms with van der Waals surface area (Å²) in [6.45, 7) is 0.399. The SMILES string of the molecule is NCC#Cc1ccccc1OCc1ccc(F)c(F)c1. The van der Waals surface area contributed by atoms with Gasteiger partial charge in [-0.1, -0.05) is 30.0 Å². The van der Waals surface area contributed by atoms with Crippen molar-refractivity contribution in [3.63, 3.8) is 0 Å². The number of nitrogens with two attached hydrogens (primary N) is 1. The van der Waals surface area contributed by atoms with Crippen LogP contribution in [-0.2, 0) is 6.61 Å². The van der Waals surface area contributed by atoms with Crippen LogP contribution in [0.5, 0.6) is 5.75 Å². The summed E-state index contributed by atoms with van der Waals surface area (Å²) in [6.07, 6.45) is 0. The van der Waals surface area contributed by atoms with Crippen molar-refractivity contribution in [1.82, 2.24) is 0 Å². The third-order valence-corrected chi connectivity index (χ3v) is 2.59. The second-order valence-corrected chi connectivity index (χ2v) is 4.04. The third kappa shape index (κ3) is 3.56. The van der Waals surface area contributed by atoms with Crippen LogP contribution >= 0.6 is 0 Å². The monoisotopic (exact) mass is 273 g/mol. The van der Waals surface area contributed by atoms with Gasteiger partial charge in [0, 0.05) is 0 Å². The van der Waals surface area contributed by atoms with Gasteiger partial charge in [0.25, 0.3) is 0 Å². The van der Waals surface area contributed by atoms with Crippen LogP contribution in [0.2, 0.25) is 0 Å². The van der Waals surface area contributed by atoms with Crippen LogP contribution in [-0.4, -0.2) is 6.54 Å². The van der Waals surface area contributed by atoms with E-state index in [2.05, 4.69) is 11.8 Å². The van der Waals surface area contributed by atoms with Crippen molar-refractivity contribution < 1.29 is 13.5 Å². The second kappa shape index (κ2) is 6.69. The first-order valence-electron chi connectivity index (χ1n) is 6.05. The molecule has 2 rings (SSSR count). The quantitative estimate of drug-likeness (QED) is 0.873. The maximum absolute atomic E-state index is 13.1. The largest absolute Gasteiger partial charge is 0.488 e. The number of hydrogen-bond acceptors (Lipinski definition) is 2. The van der Waals surface area contributed by atoms with Crippen LogP contribution in [0.15, 0.2) is 42.5 Å². The Labute approximate surface area is 116 Å². The first kappa shape index (κ1) is 14.0. The minimum atomic E-state index is -0.887. The number of para-hydroxylation sites is 1. The minimum Gasteiger partial charge on any atom is -0.488 e. The molecule has 2 aromatic carbocycles. The van der Waals surface area contributed by atoms with Crippen molar-refractivity contribution in [3.8, 4) is 17.6 Å². The summed E-state index contributed by atoms with van der Waals surface area (Å²) in [5, 5.41) is 0. The van der Waals surface area contributed by atoms with Gasteiger partial charge in [0.15, 0.2) is 11.6 Å². The summed E-state index contributed by atoms with van der Waals surface area (Å²) in [5.41, 5.74) is 6.59. The molecule has 0 aliphatic heterocycles. The van der Waals surface area contributed by atoms with E-state index in [0.717, 1.165) is 12.1 Å². The lowest BCUT2D eigenvalue weighted by molar-refractivity contribution is 0.304. The van der Waals surface area contributed by atoms with Crippen molar-refractivity contribution in [3.05, 3.63) is 65.2 Å². The van der Waals surface area contributed by atoms with E-state index in [-0.39, 0.29) is 13.2 Å². The normalized spacial score (nSPS) is 9.75. The van der Waals surface area contributed by atoms with Gasteiger partial charge in [-0.15, -0.1) is 0 Å². The van der Waals surface area contributed by atoms with Crippen LogP contribution in [0.4, 0.5) is 8.78 Å². The topological polar surface area (TPSA) is 35.2 Å². The first-order valence-corrected chi connectivity index (χ1v) is 6.05. The van der Waals surface area contributed by atoms with Gasteiger partial charge >= 0.3 is 0 Å². The maximum atomic E-state index is 13.1. The number of rotatable bonds is 3. The molecule has 0 aliphatic rings. The van der Waals surface area contributed by atoms with Crippen LogP contribution < -0.4 is 10.5 Å². The summed E-state index contributed by atoms with van der Waals surface area (Å²) in [5.74, 6) is 4.47. The van der Waals surface area contributed by atoms with E-state index in [1.54, 1.807) is 6.07 Å². The van der Waals surface area contributed by atoms with Gasteiger partial charge in [-0.25, -0.2) is 8.78 Å². The van der Waals surface area contributed by atoms with Crippen LogP contribution in [0.3, 0.4) is 0 Å². The van der Waals surface area contributed by atoms with E-state index < -0.39 is 11.6 Å². The molecule has 102 valence electrons. The van der Waals surface area contributed by atoms with Gasteiger partial charge in [0.2, 0.25) is 0 Å². The molecular formula is C16H13F2NO. The molecule has 2 nitrogen and oxygen atoms in total. The van der Waals surface area contributed by atoms with Gasteiger partial charge in [-0.05, 0) is 29.8 Å². The molecule has 0 spiro atoms. The van der Waals surface area contributed by atoms with E-state index in [0.29, 0.717) is 16.9 Å². The van der Waals surface area contributed by atoms with Crippen molar-refractivity contribution in [2.45, 2.75) is 6.61 Å². The fourth-order valence-electron chi connectivity index (χ4n) is 1.63. The lowest BCUT2D eigenvalue weighted by Gasteiger charge is -2.08. The molecule has 0 bridgehead atoms. The molecule has 0 saturated heterocycles. The zero-order valence-corrected chi connectivity index (χ0v) is 10.7. The average molecular weight is 273 g/mol. The molecule has 2 N–H and O–H groups in total. The Hall–Kier alpha value is -2.38. The molecule has 0 unspecified atom stereocenters.